The minimum Gasteiger partial charge on any atom is -0.342 e. The lowest BCUT2D eigenvalue weighted by Gasteiger charge is -2.47. The van der Waals surface area contributed by atoms with Gasteiger partial charge in [-0.25, -0.2) is 4.98 Å². The normalized spacial score (nSPS) is 24.1. The van der Waals surface area contributed by atoms with Gasteiger partial charge in [0.25, 0.3) is 0 Å². The van der Waals surface area contributed by atoms with E-state index in [9.17, 15) is 9.59 Å². The molecule has 7 nitrogen and oxygen atoms in total. The average molecular weight is 333 g/mol. The molecular formula is C17H27N5O2. The van der Waals surface area contributed by atoms with E-state index in [2.05, 4.69) is 21.9 Å². The Kier molecular flexibility index (Phi) is 5.48. The summed E-state index contributed by atoms with van der Waals surface area (Å²) in [6.45, 7) is 5.28. The number of likely N-dealkylation sites (tertiary alicyclic amines) is 2. The van der Waals surface area contributed by atoms with Crippen molar-refractivity contribution in [3.63, 3.8) is 0 Å². The fourth-order valence-corrected chi connectivity index (χ4v) is 4.01. The number of aromatic nitrogens is 3. The summed E-state index contributed by atoms with van der Waals surface area (Å²) in [4.78, 5) is 32.6. The Morgan fingerprint density at radius 2 is 2.21 bits per heavy atom. The number of fused-ring (bicyclic) bond motifs is 1. The van der Waals surface area contributed by atoms with Gasteiger partial charge < -0.3 is 9.80 Å². The molecule has 2 amide bonds. The average Bonchev–Trinajstić information content (AvgIpc) is 3.10. The molecule has 2 aliphatic rings. The molecule has 2 aliphatic heterocycles. The first-order valence-electron chi connectivity index (χ1n) is 9.08. The summed E-state index contributed by atoms with van der Waals surface area (Å²) in [5.74, 6) is 0.973. The van der Waals surface area contributed by atoms with Gasteiger partial charge in [-0.1, -0.05) is 6.92 Å². The van der Waals surface area contributed by atoms with Gasteiger partial charge in [-0.3, -0.25) is 14.3 Å². The van der Waals surface area contributed by atoms with E-state index in [0.29, 0.717) is 30.7 Å². The third-order valence-electron chi connectivity index (χ3n) is 5.21. The first kappa shape index (κ1) is 16.9. The Labute approximate surface area is 143 Å². The van der Waals surface area contributed by atoms with Crippen molar-refractivity contribution in [1.82, 2.24) is 24.6 Å². The van der Waals surface area contributed by atoms with Gasteiger partial charge in [-0.2, -0.15) is 5.10 Å². The number of nitrogens with zero attached hydrogens (tertiary/aromatic N) is 5. The van der Waals surface area contributed by atoms with Crippen molar-refractivity contribution < 1.29 is 9.59 Å². The molecule has 0 N–H and O–H groups in total. The summed E-state index contributed by atoms with van der Waals surface area (Å²) in [7, 11) is 0. The minimum absolute atomic E-state index is 0.229. The number of carbonyl (C=O) groups excluding carboxylic acids is 2. The summed E-state index contributed by atoms with van der Waals surface area (Å²) in [5.41, 5.74) is 0. The molecule has 24 heavy (non-hydrogen) atoms. The van der Waals surface area contributed by atoms with Crippen LogP contribution < -0.4 is 0 Å². The number of carbonyl (C=O) groups is 2. The fraction of sp³-hybridized carbons (Fsp3) is 0.765. The second-order valence-corrected chi connectivity index (χ2v) is 6.84. The van der Waals surface area contributed by atoms with Crippen LogP contribution in [0.4, 0.5) is 0 Å². The largest absolute Gasteiger partial charge is 0.342 e. The molecule has 1 aromatic heterocycles. The summed E-state index contributed by atoms with van der Waals surface area (Å²) < 4.78 is 1.76. The molecule has 2 fully saturated rings. The van der Waals surface area contributed by atoms with Crippen molar-refractivity contribution >= 4 is 11.8 Å². The highest BCUT2D eigenvalue weighted by Gasteiger charge is 2.39. The van der Waals surface area contributed by atoms with Crippen LogP contribution in [-0.4, -0.2) is 62.1 Å². The first-order chi connectivity index (χ1) is 11.7. The molecule has 7 heteroatoms. The molecule has 2 unspecified atom stereocenters. The highest BCUT2D eigenvalue weighted by molar-refractivity contribution is 5.78. The van der Waals surface area contributed by atoms with Crippen LogP contribution in [0.2, 0.25) is 0 Å². The molecular weight excluding hydrogens is 306 g/mol. The summed E-state index contributed by atoms with van der Waals surface area (Å²) in [6, 6.07) is 0.338. The number of amides is 2. The van der Waals surface area contributed by atoms with Crippen molar-refractivity contribution in [3.8, 4) is 0 Å². The van der Waals surface area contributed by atoms with Gasteiger partial charge in [0.15, 0.2) is 0 Å². The van der Waals surface area contributed by atoms with E-state index in [4.69, 9.17) is 0 Å². The van der Waals surface area contributed by atoms with Crippen LogP contribution in [0.5, 0.6) is 0 Å². The van der Waals surface area contributed by atoms with Gasteiger partial charge in [-0.15, -0.1) is 0 Å². The molecule has 132 valence electrons. The molecule has 0 bridgehead atoms. The van der Waals surface area contributed by atoms with Crippen LogP contribution in [0.15, 0.2) is 12.7 Å². The standard InChI is InChI=1S/C17H27N5O2/c1-2-8-22-15-7-10-20(11-14(15)5-6-17(22)24)16(23)4-3-9-21-13-18-12-19-21/h12-15H,2-11H2,1H3. The van der Waals surface area contributed by atoms with Gasteiger partial charge in [0.05, 0.1) is 0 Å². The van der Waals surface area contributed by atoms with Crippen LogP contribution >= 0.6 is 0 Å². The third kappa shape index (κ3) is 3.76. The molecule has 3 heterocycles. The van der Waals surface area contributed by atoms with E-state index >= 15 is 0 Å². The second-order valence-electron chi connectivity index (χ2n) is 6.84. The Bertz CT molecular complexity index is 559. The number of piperidine rings is 2. The lowest BCUT2D eigenvalue weighted by molar-refractivity contribution is -0.144. The molecule has 0 aliphatic carbocycles. The maximum atomic E-state index is 12.5. The second kappa shape index (κ2) is 7.77. The maximum Gasteiger partial charge on any atom is 0.222 e. The van der Waals surface area contributed by atoms with E-state index in [1.807, 2.05) is 4.90 Å². The van der Waals surface area contributed by atoms with E-state index < -0.39 is 0 Å². The van der Waals surface area contributed by atoms with Gasteiger partial charge in [-0.05, 0) is 31.6 Å². The van der Waals surface area contributed by atoms with Gasteiger partial charge in [0.2, 0.25) is 11.8 Å². The summed E-state index contributed by atoms with van der Waals surface area (Å²) in [6.07, 6.45) is 8.01. The topological polar surface area (TPSA) is 71.3 Å². The maximum absolute atomic E-state index is 12.5. The van der Waals surface area contributed by atoms with Crippen LogP contribution in [0, 0.1) is 5.92 Å². The van der Waals surface area contributed by atoms with Crippen LogP contribution in [0.1, 0.15) is 45.4 Å². The van der Waals surface area contributed by atoms with Crippen molar-refractivity contribution in [2.24, 2.45) is 5.92 Å². The zero-order valence-electron chi connectivity index (χ0n) is 14.4. The highest BCUT2D eigenvalue weighted by atomic mass is 16.2. The highest BCUT2D eigenvalue weighted by Crippen LogP contribution is 2.31. The van der Waals surface area contributed by atoms with Crippen molar-refractivity contribution in [2.75, 3.05) is 19.6 Å². The zero-order valence-corrected chi connectivity index (χ0v) is 14.4. The van der Waals surface area contributed by atoms with Gasteiger partial charge >= 0.3 is 0 Å². The molecule has 2 saturated heterocycles. The lowest BCUT2D eigenvalue weighted by atomic mass is 9.83. The predicted octanol–water partition coefficient (Wildman–Crippen LogP) is 1.31. The van der Waals surface area contributed by atoms with Crippen LogP contribution in [0.3, 0.4) is 0 Å². The van der Waals surface area contributed by atoms with Crippen molar-refractivity contribution in [1.29, 1.82) is 0 Å². The molecule has 0 radical (unpaired) electrons. The Balaban J connectivity index is 1.49. The number of aryl methyl sites for hydroxylation is 1. The quantitative estimate of drug-likeness (QED) is 0.787. The van der Waals surface area contributed by atoms with E-state index in [1.165, 1.54) is 6.33 Å². The summed E-state index contributed by atoms with van der Waals surface area (Å²) >= 11 is 0. The summed E-state index contributed by atoms with van der Waals surface area (Å²) in [5, 5.41) is 4.06. The van der Waals surface area contributed by atoms with Crippen LogP contribution in [0.25, 0.3) is 0 Å². The first-order valence-corrected chi connectivity index (χ1v) is 9.08. The van der Waals surface area contributed by atoms with Crippen molar-refractivity contribution in [3.05, 3.63) is 12.7 Å². The number of hydrogen-bond acceptors (Lipinski definition) is 4. The fourth-order valence-electron chi connectivity index (χ4n) is 4.01. The van der Waals surface area contributed by atoms with E-state index in [1.54, 1.807) is 11.0 Å². The monoisotopic (exact) mass is 333 g/mol. The molecule has 3 rings (SSSR count). The Hall–Kier alpha value is -1.92. The van der Waals surface area contributed by atoms with Gasteiger partial charge in [0.1, 0.15) is 12.7 Å². The predicted molar refractivity (Wildman–Crippen MR) is 89.0 cm³/mol. The lowest BCUT2D eigenvalue weighted by Crippen LogP contribution is -2.57. The van der Waals surface area contributed by atoms with E-state index in [0.717, 1.165) is 51.9 Å². The van der Waals surface area contributed by atoms with Gasteiger partial charge in [0, 0.05) is 45.1 Å². The zero-order chi connectivity index (χ0) is 16.9. The molecule has 0 spiro atoms. The van der Waals surface area contributed by atoms with E-state index in [-0.39, 0.29) is 5.91 Å². The van der Waals surface area contributed by atoms with Crippen LogP contribution in [-0.2, 0) is 16.1 Å². The molecule has 2 atom stereocenters. The molecule has 0 saturated carbocycles. The Morgan fingerprint density at radius 3 is 2.96 bits per heavy atom. The van der Waals surface area contributed by atoms with Crippen molar-refractivity contribution in [2.45, 2.75) is 58.0 Å². The smallest absolute Gasteiger partial charge is 0.222 e. The number of rotatable bonds is 6. The minimum atomic E-state index is 0.229. The SMILES string of the molecule is CCCN1C(=O)CCC2CN(C(=O)CCCn3cncn3)CCC21. The number of hydrogen-bond donors (Lipinski definition) is 0. The molecule has 0 aromatic carbocycles. The molecule has 1 aromatic rings. The third-order valence-corrected chi connectivity index (χ3v) is 5.21. The Morgan fingerprint density at radius 1 is 1.33 bits per heavy atom.